The molecule has 37 heavy (non-hydrogen) atoms. The van der Waals surface area contributed by atoms with Crippen LogP contribution in [-0.2, 0) is 17.8 Å². The van der Waals surface area contributed by atoms with Gasteiger partial charge in [-0.1, -0.05) is 26.0 Å². The third-order valence-electron chi connectivity index (χ3n) is 4.93. The van der Waals surface area contributed by atoms with Crippen LogP contribution in [0.1, 0.15) is 38.3 Å². The van der Waals surface area contributed by atoms with E-state index < -0.39 is 11.9 Å². The lowest BCUT2D eigenvalue weighted by Gasteiger charge is -2.16. The summed E-state index contributed by atoms with van der Waals surface area (Å²) in [6.45, 7) is 6.41. The number of hydrogen-bond acceptors (Lipinski definition) is 5. The van der Waals surface area contributed by atoms with Crippen molar-refractivity contribution in [2.45, 2.75) is 46.2 Å². The molecule has 204 valence electrons. The van der Waals surface area contributed by atoms with Crippen LogP contribution in [0.3, 0.4) is 0 Å². The molecule has 0 aliphatic carbocycles. The minimum Gasteiger partial charge on any atom is -0.494 e. The zero-order valence-electron chi connectivity index (χ0n) is 22.1. The van der Waals surface area contributed by atoms with Crippen LogP contribution in [0, 0.1) is 11.7 Å². The number of carbonyl (C=O) groups is 2. The summed E-state index contributed by atoms with van der Waals surface area (Å²) < 4.78 is 28.0. The highest BCUT2D eigenvalue weighted by Gasteiger charge is 2.10. The van der Waals surface area contributed by atoms with E-state index in [9.17, 15) is 14.0 Å². The van der Waals surface area contributed by atoms with Crippen molar-refractivity contribution in [3.05, 3.63) is 53.3 Å². The number of guanidine groups is 1. The molecule has 2 aromatic rings. The van der Waals surface area contributed by atoms with Gasteiger partial charge < -0.3 is 35.7 Å². The molecule has 0 unspecified atom stereocenters. The molecule has 2 aromatic carbocycles. The Morgan fingerprint density at radius 2 is 1.57 bits per heavy atom. The van der Waals surface area contributed by atoms with Gasteiger partial charge in [-0.05, 0) is 54.7 Å². The van der Waals surface area contributed by atoms with E-state index in [1.165, 1.54) is 25.3 Å². The zero-order valence-corrected chi connectivity index (χ0v) is 22.1. The molecule has 11 heteroatoms. The third-order valence-corrected chi connectivity index (χ3v) is 4.93. The molecule has 0 saturated carbocycles. The molecule has 5 N–H and O–H groups in total. The molecule has 10 nitrogen and oxygen atoms in total. The van der Waals surface area contributed by atoms with Crippen molar-refractivity contribution in [3.63, 3.8) is 0 Å². The fraction of sp³-hybridized carbons (Fsp3) is 0.423. The van der Waals surface area contributed by atoms with E-state index in [0.717, 1.165) is 12.0 Å². The number of nitrogens with zero attached hydrogens (tertiary/aromatic N) is 1. The first-order valence-corrected chi connectivity index (χ1v) is 11.6. The summed E-state index contributed by atoms with van der Waals surface area (Å²) in [6.07, 6.45) is -0.00484. The lowest BCUT2D eigenvalue weighted by molar-refractivity contribution is -0.117. The van der Waals surface area contributed by atoms with Gasteiger partial charge in [-0.2, -0.15) is 4.99 Å². The van der Waals surface area contributed by atoms with Crippen LogP contribution >= 0.6 is 0 Å². The van der Waals surface area contributed by atoms with E-state index in [1.54, 1.807) is 32.4 Å². The van der Waals surface area contributed by atoms with Gasteiger partial charge in [0, 0.05) is 12.6 Å². The highest BCUT2D eigenvalue weighted by molar-refractivity contribution is 5.93. The normalized spacial score (nSPS) is 11.6. The smallest absolute Gasteiger partial charge is 0.404 e. The highest BCUT2D eigenvalue weighted by Crippen LogP contribution is 2.27. The van der Waals surface area contributed by atoms with Gasteiger partial charge in [0.1, 0.15) is 0 Å². The monoisotopic (exact) mass is 520 g/mol. The number of benzene rings is 2. The number of aliphatic imine (C=N–C) groups is 1. The number of halogens is 1. The van der Waals surface area contributed by atoms with Crippen molar-refractivity contribution in [1.29, 1.82) is 0 Å². The predicted octanol–water partition coefficient (Wildman–Crippen LogP) is 3.71. The summed E-state index contributed by atoms with van der Waals surface area (Å²) >= 11 is 0. The maximum atomic E-state index is 12.9. The van der Waals surface area contributed by atoms with E-state index in [4.69, 9.17) is 25.1 Å². The quantitative estimate of drug-likeness (QED) is 0.274. The number of carbonyl (C=O) groups excluding carboxylic acids is 1. The summed E-state index contributed by atoms with van der Waals surface area (Å²) in [4.78, 5) is 26.1. The maximum absolute atomic E-state index is 12.9. The fourth-order valence-corrected chi connectivity index (χ4v) is 3.38. The molecule has 0 saturated heterocycles. The first-order valence-electron chi connectivity index (χ1n) is 11.6. The number of carboxylic acid groups (broad SMARTS) is 1. The molecule has 2 amide bonds. The fourth-order valence-electron chi connectivity index (χ4n) is 3.38. The Hall–Kier alpha value is -4.02. The van der Waals surface area contributed by atoms with Crippen LogP contribution in [0.2, 0.25) is 0 Å². The standard InChI is InChI=1S/C17H27N3O3.C9H10FNO3/c1-11(2)8-12(3)19-17(18)20-16(21)10-13-6-7-14(22-4)15(9-13)23-5;1-14-8-4-6(2-3-7(8)10)5-11-9(12)13/h6-7,9,11-12H,8,10H2,1-5H3,(H3,18,19,20,21);2-4,11H,5H2,1H3,(H,12,13)/t12-;/m1./s1. The highest BCUT2D eigenvalue weighted by atomic mass is 19.1. The number of amides is 2. The van der Waals surface area contributed by atoms with E-state index in [1.807, 2.05) is 6.92 Å². The van der Waals surface area contributed by atoms with Crippen molar-refractivity contribution in [2.75, 3.05) is 21.3 Å². The van der Waals surface area contributed by atoms with E-state index in [0.29, 0.717) is 23.0 Å². The van der Waals surface area contributed by atoms with Crippen molar-refractivity contribution >= 4 is 18.0 Å². The molecule has 2 rings (SSSR count). The summed E-state index contributed by atoms with van der Waals surface area (Å²) in [6, 6.07) is 9.68. The van der Waals surface area contributed by atoms with Crippen LogP contribution in [-0.4, -0.2) is 50.4 Å². The second-order valence-electron chi connectivity index (χ2n) is 8.56. The van der Waals surface area contributed by atoms with Gasteiger partial charge in [-0.25, -0.2) is 9.18 Å². The Morgan fingerprint density at radius 1 is 0.973 bits per heavy atom. The Kier molecular flexibility index (Phi) is 13.3. The summed E-state index contributed by atoms with van der Waals surface area (Å²) in [7, 11) is 4.48. The third kappa shape index (κ3) is 12.0. The molecule has 0 spiro atoms. The van der Waals surface area contributed by atoms with E-state index >= 15 is 0 Å². The largest absolute Gasteiger partial charge is 0.494 e. The summed E-state index contributed by atoms with van der Waals surface area (Å²) in [5.41, 5.74) is 7.22. The molecule has 0 fully saturated rings. The van der Waals surface area contributed by atoms with Gasteiger partial charge in [0.05, 0.1) is 27.8 Å². The lowest BCUT2D eigenvalue weighted by Crippen LogP contribution is -2.39. The molecule has 0 radical (unpaired) electrons. The van der Waals surface area contributed by atoms with Crippen molar-refractivity contribution < 1.29 is 33.3 Å². The first kappa shape index (κ1) is 31.0. The van der Waals surface area contributed by atoms with Crippen LogP contribution in [0.5, 0.6) is 17.2 Å². The van der Waals surface area contributed by atoms with Crippen LogP contribution in [0.4, 0.5) is 9.18 Å². The van der Waals surface area contributed by atoms with Gasteiger partial charge in [0.15, 0.2) is 29.0 Å². The SMILES string of the molecule is COc1cc(CNC(=O)O)ccc1F.COc1ccc(CC(=O)N=C(N)N[C@H](C)CC(C)C)cc1OC. The number of methoxy groups -OCH3 is 3. The Bertz CT molecular complexity index is 1060. The van der Waals surface area contributed by atoms with E-state index in [-0.39, 0.29) is 36.6 Å². The number of hydrogen-bond donors (Lipinski definition) is 4. The van der Waals surface area contributed by atoms with Gasteiger partial charge in [-0.15, -0.1) is 0 Å². The van der Waals surface area contributed by atoms with Gasteiger partial charge in [-0.3, -0.25) is 4.79 Å². The van der Waals surface area contributed by atoms with Crippen molar-refractivity contribution in [3.8, 4) is 17.2 Å². The molecule has 0 aliphatic heterocycles. The van der Waals surface area contributed by atoms with Gasteiger partial charge >= 0.3 is 6.09 Å². The molecule has 1 atom stereocenters. The van der Waals surface area contributed by atoms with E-state index in [2.05, 4.69) is 29.5 Å². The number of nitrogens with two attached hydrogens (primary N) is 1. The minimum atomic E-state index is -1.12. The average molecular weight is 521 g/mol. The molecule has 0 bridgehead atoms. The van der Waals surface area contributed by atoms with Crippen LogP contribution in [0.25, 0.3) is 0 Å². The molecule has 0 aromatic heterocycles. The Labute approximate surface area is 217 Å². The summed E-state index contributed by atoms with van der Waals surface area (Å²) in [5.74, 6) is 1.24. The average Bonchev–Trinajstić information content (AvgIpc) is 2.82. The second kappa shape index (κ2) is 15.9. The minimum absolute atomic E-state index is 0.106. The Balaban J connectivity index is 0.000000417. The van der Waals surface area contributed by atoms with Gasteiger partial charge in [0.2, 0.25) is 0 Å². The zero-order chi connectivity index (χ0) is 28.0. The topological polar surface area (TPSA) is 144 Å². The number of ether oxygens (including phenoxy) is 3. The molecular formula is C26H37FN4O6. The number of nitrogens with one attached hydrogen (secondary N) is 2. The number of rotatable bonds is 10. The molecule has 0 aliphatic rings. The van der Waals surface area contributed by atoms with Crippen LogP contribution in [0.15, 0.2) is 41.4 Å². The first-order chi connectivity index (χ1) is 17.5. The second-order valence-corrected chi connectivity index (χ2v) is 8.56. The molecular weight excluding hydrogens is 483 g/mol. The maximum Gasteiger partial charge on any atom is 0.404 e. The lowest BCUT2D eigenvalue weighted by atomic mass is 10.1. The van der Waals surface area contributed by atoms with Crippen molar-refractivity contribution in [2.24, 2.45) is 16.6 Å². The van der Waals surface area contributed by atoms with Crippen LogP contribution < -0.4 is 30.6 Å². The Morgan fingerprint density at radius 3 is 2.14 bits per heavy atom. The molecule has 0 heterocycles. The predicted molar refractivity (Wildman–Crippen MR) is 140 cm³/mol. The van der Waals surface area contributed by atoms with Crippen molar-refractivity contribution in [1.82, 2.24) is 10.6 Å². The van der Waals surface area contributed by atoms with Gasteiger partial charge in [0.25, 0.3) is 5.91 Å². The summed E-state index contributed by atoms with van der Waals surface area (Å²) in [5, 5.41) is 13.5.